The molecule has 1 amide bonds. The van der Waals surface area contributed by atoms with E-state index in [1.807, 2.05) is 12.1 Å². The van der Waals surface area contributed by atoms with Crippen LogP contribution in [0.3, 0.4) is 0 Å². The van der Waals surface area contributed by atoms with Crippen molar-refractivity contribution in [1.82, 2.24) is 4.90 Å². The van der Waals surface area contributed by atoms with E-state index in [1.54, 1.807) is 36.5 Å². The van der Waals surface area contributed by atoms with Gasteiger partial charge in [0.1, 0.15) is 6.04 Å². The number of amides is 1. The third kappa shape index (κ3) is 2.65. The van der Waals surface area contributed by atoms with Gasteiger partial charge in [0.25, 0.3) is 0 Å². The molecule has 3 atom stereocenters. The molecule has 0 unspecified atom stereocenters. The van der Waals surface area contributed by atoms with Crippen LogP contribution in [0.15, 0.2) is 54.7 Å². The summed E-state index contributed by atoms with van der Waals surface area (Å²) < 4.78 is 39.9. The van der Waals surface area contributed by atoms with Crippen molar-refractivity contribution in [3.63, 3.8) is 0 Å². The lowest BCUT2D eigenvalue weighted by Crippen LogP contribution is -2.41. The van der Waals surface area contributed by atoms with Gasteiger partial charge in [-0.2, -0.15) is 23.7 Å². The molecule has 1 fully saturated rings. The van der Waals surface area contributed by atoms with Gasteiger partial charge in [-0.05, 0) is 28.8 Å². The highest BCUT2D eigenvalue weighted by atomic mass is 19.4. The normalized spacial score (nSPS) is 23.8. The van der Waals surface area contributed by atoms with Crippen molar-refractivity contribution >= 4 is 12.0 Å². The van der Waals surface area contributed by atoms with Crippen LogP contribution in [0.25, 0.3) is 6.08 Å². The molecule has 2 aliphatic heterocycles. The summed E-state index contributed by atoms with van der Waals surface area (Å²) in [6.07, 6.45) is -1.30. The molecule has 4 rings (SSSR count). The number of nitrogens with zero attached hydrogens (tertiary/aromatic N) is 3. The quantitative estimate of drug-likeness (QED) is 0.820. The Balaban J connectivity index is 1.99. The first kappa shape index (κ1) is 19.5. The molecule has 2 heterocycles. The van der Waals surface area contributed by atoms with E-state index in [-0.39, 0.29) is 5.56 Å². The molecule has 2 aromatic rings. The Morgan fingerprint density at radius 2 is 1.80 bits per heavy atom. The zero-order chi connectivity index (χ0) is 21.7. The van der Waals surface area contributed by atoms with E-state index in [1.165, 1.54) is 17.0 Å². The van der Waals surface area contributed by atoms with Crippen LogP contribution >= 0.6 is 0 Å². The number of hydrogen-bond donors (Lipinski definition) is 1. The van der Waals surface area contributed by atoms with Crippen molar-refractivity contribution in [1.29, 1.82) is 10.5 Å². The largest absolute Gasteiger partial charge is 0.416 e. The molecular formula is C22H15F3N4O. The van der Waals surface area contributed by atoms with Gasteiger partial charge in [-0.1, -0.05) is 42.5 Å². The lowest BCUT2D eigenvalue weighted by Gasteiger charge is -2.34. The highest BCUT2D eigenvalue weighted by Crippen LogP contribution is 2.59. The van der Waals surface area contributed by atoms with Crippen molar-refractivity contribution in [2.24, 2.45) is 11.1 Å². The lowest BCUT2D eigenvalue weighted by atomic mass is 9.68. The van der Waals surface area contributed by atoms with Gasteiger partial charge in [-0.15, -0.1) is 0 Å². The number of fused-ring (bicyclic) bond motifs is 3. The van der Waals surface area contributed by atoms with Gasteiger partial charge >= 0.3 is 6.18 Å². The van der Waals surface area contributed by atoms with E-state index in [9.17, 15) is 28.5 Å². The highest BCUT2D eigenvalue weighted by Gasteiger charge is 2.63. The van der Waals surface area contributed by atoms with Gasteiger partial charge in [0, 0.05) is 12.1 Å². The summed E-state index contributed by atoms with van der Waals surface area (Å²) in [6, 6.07) is 13.5. The second-order valence-corrected chi connectivity index (χ2v) is 7.34. The minimum Gasteiger partial charge on any atom is -0.368 e. The number of carbonyl (C=O) groups excluding carboxylic acids is 1. The molecule has 0 bridgehead atoms. The fourth-order valence-corrected chi connectivity index (χ4v) is 4.60. The van der Waals surface area contributed by atoms with E-state index in [0.717, 1.165) is 17.7 Å². The van der Waals surface area contributed by atoms with Crippen molar-refractivity contribution in [3.05, 3.63) is 77.0 Å². The molecule has 1 saturated heterocycles. The molecule has 2 aromatic carbocycles. The third-order valence-electron chi connectivity index (χ3n) is 5.81. The summed E-state index contributed by atoms with van der Waals surface area (Å²) >= 11 is 0. The average Bonchev–Trinajstić information content (AvgIpc) is 3.04. The Kier molecular flexibility index (Phi) is 4.32. The minimum absolute atomic E-state index is 0.0667. The standard InChI is InChI=1S/C22H15F3N4O/c23-22(24,25)15-6-3-5-14(10-15)17-18(20(28)30)29-9-8-13-4-1-2-7-16(13)19(29)21(17,11-26)12-27/h1-10,17-19H,(H2,28,30)/t17-,18+,19+/m1/s1. The molecule has 0 radical (unpaired) electrons. The molecule has 5 nitrogen and oxygen atoms in total. The third-order valence-corrected chi connectivity index (χ3v) is 5.81. The zero-order valence-corrected chi connectivity index (χ0v) is 15.5. The number of halogens is 3. The van der Waals surface area contributed by atoms with Crippen LogP contribution in [0.4, 0.5) is 13.2 Å². The number of nitrogens with two attached hydrogens (primary N) is 1. The minimum atomic E-state index is -4.61. The van der Waals surface area contributed by atoms with Crippen LogP contribution in [-0.2, 0) is 11.0 Å². The first-order chi connectivity index (χ1) is 14.2. The summed E-state index contributed by atoms with van der Waals surface area (Å²) in [5, 5.41) is 20.3. The van der Waals surface area contributed by atoms with Crippen molar-refractivity contribution < 1.29 is 18.0 Å². The highest BCUT2D eigenvalue weighted by molar-refractivity contribution is 5.84. The summed E-state index contributed by atoms with van der Waals surface area (Å²) in [5.74, 6) is -1.99. The number of hydrogen-bond acceptors (Lipinski definition) is 4. The predicted molar refractivity (Wildman–Crippen MR) is 101 cm³/mol. The molecule has 30 heavy (non-hydrogen) atoms. The van der Waals surface area contributed by atoms with Crippen LogP contribution in [0, 0.1) is 28.1 Å². The Bertz CT molecular complexity index is 1130. The smallest absolute Gasteiger partial charge is 0.368 e. The maximum atomic E-state index is 13.3. The second kappa shape index (κ2) is 6.64. The van der Waals surface area contributed by atoms with Gasteiger partial charge in [0.05, 0.1) is 23.7 Å². The Hall–Kier alpha value is -3.78. The molecule has 0 aromatic heterocycles. The number of primary amides is 1. The summed E-state index contributed by atoms with van der Waals surface area (Å²) in [7, 11) is 0. The van der Waals surface area contributed by atoms with Crippen molar-refractivity contribution in [3.8, 4) is 12.1 Å². The van der Waals surface area contributed by atoms with Crippen molar-refractivity contribution in [2.45, 2.75) is 24.2 Å². The van der Waals surface area contributed by atoms with Gasteiger partial charge in [0.2, 0.25) is 5.91 Å². The predicted octanol–water partition coefficient (Wildman–Crippen LogP) is 3.72. The summed E-state index contributed by atoms with van der Waals surface area (Å²) in [4.78, 5) is 14.0. The Morgan fingerprint density at radius 1 is 1.10 bits per heavy atom. The SMILES string of the molecule is N#CC1(C#N)[C@H](c2cccc(C(F)(F)F)c2)[C@@H](C(N)=O)N2C=Cc3ccccc3[C@H]21. The number of carbonyl (C=O) groups is 1. The monoisotopic (exact) mass is 408 g/mol. The van der Waals surface area contributed by atoms with E-state index in [2.05, 4.69) is 0 Å². The van der Waals surface area contributed by atoms with E-state index in [4.69, 9.17) is 5.73 Å². The maximum absolute atomic E-state index is 13.3. The van der Waals surface area contributed by atoms with E-state index in [0.29, 0.717) is 5.56 Å². The zero-order valence-electron chi connectivity index (χ0n) is 15.5. The molecule has 2 aliphatic rings. The van der Waals surface area contributed by atoms with Gasteiger partial charge in [-0.25, -0.2) is 0 Å². The summed E-state index contributed by atoms with van der Waals surface area (Å²) in [6.45, 7) is 0. The Morgan fingerprint density at radius 3 is 2.43 bits per heavy atom. The average molecular weight is 408 g/mol. The molecule has 150 valence electrons. The molecule has 0 spiro atoms. The fraction of sp³-hybridized carbons (Fsp3) is 0.227. The molecular weight excluding hydrogens is 393 g/mol. The van der Waals surface area contributed by atoms with Crippen LogP contribution < -0.4 is 5.73 Å². The molecule has 0 saturated carbocycles. The molecule has 0 aliphatic carbocycles. The van der Waals surface area contributed by atoms with Crippen LogP contribution in [0.1, 0.15) is 34.2 Å². The van der Waals surface area contributed by atoms with Gasteiger partial charge < -0.3 is 10.6 Å². The van der Waals surface area contributed by atoms with Gasteiger partial charge in [0.15, 0.2) is 5.41 Å². The number of alkyl halides is 3. The molecule has 2 N–H and O–H groups in total. The molecule has 8 heteroatoms. The Labute approximate surface area is 170 Å². The first-order valence-corrected chi connectivity index (χ1v) is 9.08. The van der Waals surface area contributed by atoms with E-state index < -0.39 is 41.1 Å². The number of nitriles is 2. The summed E-state index contributed by atoms with van der Waals surface area (Å²) in [5.41, 5.74) is 4.37. The second-order valence-electron chi connectivity index (χ2n) is 7.34. The lowest BCUT2D eigenvalue weighted by molar-refractivity contribution is -0.137. The topological polar surface area (TPSA) is 93.9 Å². The maximum Gasteiger partial charge on any atom is 0.416 e. The van der Waals surface area contributed by atoms with Crippen LogP contribution in [-0.4, -0.2) is 16.8 Å². The van der Waals surface area contributed by atoms with Crippen LogP contribution in [0.2, 0.25) is 0 Å². The number of benzene rings is 2. The van der Waals surface area contributed by atoms with Crippen LogP contribution in [0.5, 0.6) is 0 Å². The fourth-order valence-electron chi connectivity index (χ4n) is 4.60. The first-order valence-electron chi connectivity index (χ1n) is 9.08. The van der Waals surface area contributed by atoms with Crippen molar-refractivity contribution in [2.75, 3.05) is 0 Å². The van der Waals surface area contributed by atoms with Gasteiger partial charge in [-0.3, -0.25) is 4.79 Å². The van der Waals surface area contributed by atoms with E-state index >= 15 is 0 Å². The number of rotatable bonds is 2.